The number of hydrogen-bond acceptors (Lipinski definition) is 3. The number of halogens is 3. The Bertz CT molecular complexity index is 1050. The van der Waals surface area contributed by atoms with Gasteiger partial charge >= 0.3 is 12.1 Å². The average molecular weight is 441 g/mol. The first-order chi connectivity index (χ1) is 15.3. The van der Waals surface area contributed by atoms with Crippen molar-refractivity contribution in [3.8, 4) is 11.1 Å². The quantitative estimate of drug-likeness (QED) is 0.535. The first-order valence-corrected chi connectivity index (χ1v) is 9.94. The van der Waals surface area contributed by atoms with Crippen LogP contribution in [0.25, 0.3) is 11.1 Å². The normalized spacial score (nSPS) is 12.1. The van der Waals surface area contributed by atoms with Gasteiger partial charge in [0.05, 0.1) is 19.1 Å². The molecule has 0 spiro atoms. The van der Waals surface area contributed by atoms with Crippen LogP contribution in [0.2, 0.25) is 0 Å². The fourth-order valence-corrected chi connectivity index (χ4v) is 3.28. The zero-order valence-corrected chi connectivity index (χ0v) is 17.4. The first-order valence-electron chi connectivity index (χ1n) is 9.94. The highest BCUT2D eigenvalue weighted by atomic mass is 19.4. The molecule has 0 bridgehead atoms. The van der Waals surface area contributed by atoms with Gasteiger partial charge in [0.1, 0.15) is 6.04 Å². The van der Waals surface area contributed by atoms with Crippen molar-refractivity contribution in [3.05, 3.63) is 95.6 Å². The Balaban J connectivity index is 1.65. The summed E-state index contributed by atoms with van der Waals surface area (Å²) in [6.45, 7) is 0. The van der Waals surface area contributed by atoms with Gasteiger partial charge < -0.3 is 10.1 Å². The number of ether oxygens (including phenoxy) is 1. The molecule has 7 heteroatoms. The number of amides is 1. The average Bonchev–Trinajstić information content (AvgIpc) is 2.79. The van der Waals surface area contributed by atoms with E-state index in [2.05, 4.69) is 5.32 Å². The van der Waals surface area contributed by atoms with Gasteiger partial charge in [0.2, 0.25) is 5.91 Å². The number of methoxy groups -OCH3 is 1. The minimum absolute atomic E-state index is 0.154. The van der Waals surface area contributed by atoms with Crippen LogP contribution in [0.15, 0.2) is 78.9 Å². The monoisotopic (exact) mass is 441 g/mol. The maximum absolute atomic E-state index is 12.7. The highest BCUT2D eigenvalue weighted by Crippen LogP contribution is 2.29. The molecule has 0 aliphatic heterocycles. The maximum Gasteiger partial charge on any atom is 0.416 e. The van der Waals surface area contributed by atoms with Crippen molar-refractivity contribution in [1.29, 1.82) is 0 Å². The molecule has 1 amide bonds. The van der Waals surface area contributed by atoms with E-state index < -0.39 is 29.7 Å². The van der Waals surface area contributed by atoms with Crippen LogP contribution < -0.4 is 5.32 Å². The van der Waals surface area contributed by atoms with Gasteiger partial charge in [-0.25, -0.2) is 4.79 Å². The van der Waals surface area contributed by atoms with Crippen molar-refractivity contribution in [2.75, 3.05) is 7.11 Å². The van der Waals surface area contributed by atoms with Crippen molar-refractivity contribution < 1.29 is 27.5 Å². The standard InChI is InChI=1S/C25H22F3NO3/c1-32-24(31)22(15-17-7-11-20(12-8-17)19-5-3-2-4-6-19)29-23(30)16-18-9-13-21(14-10-18)25(26,27)28/h2-14,22H,15-16H2,1H3,(H,29,30)/t22-/m0/s1. The number of nitrogens with one attached hydrogen (secondary N) is 1. The van der Waals surface area contributed by atoms with Crippen LogP contribution in [0, 0.1) is 0 Å². The van der Waals surface area contributed by atoms with E-state index in [1.807, 2.05) is 54.6 Å². The second-order valence-corrected chi connectivity index (χ2v) is 7.28. The highest BCUT2D eigenvalue weighted by molar-refractivity contribution is 5.85. The van der Waals surface area contributed by atoms with Crippen LogP contribution in [0.1, 0.15) is 16.7 Å². The summed E-state index contributed by atoms with van der Waals surface area (Å²) in [4.78, 5) is 24.6. The number of carbonyl (C=O) groups excluding carboxylic acids is 2. The van der Waals surface area contributed by atoms with Crippen molar-refractivity contribution in [3.63, 3.8) is 0 Å². The largest absolute Gasteiger partial charge is 0.467 e. The Labute approximate surface area is 184 Å². The third-order valence-corrected chi connectivity index (χ3v) is 4.97. The van der Waals surface area contributed by atoms with Gasteiger partial charge in [0.25, 0.3) is 0 Å². The molecule has 166 valence electrons. The number of esters is 1. The summed E-state index contributed by atoms with van der Waals surface area (Å²) >= 11 is 0. The molecular weight excluding hydrogens is 419 g/mol. The number of benzene rings is 3. The molecule has 0 radical (unpaired) electrons. The van der Waals surface area contributed by atoms with Gasteiger partial charge in [-0.3, -0.25) is 4.79 Å². The molecule has 0 heterocycles. The van der Waals surface area contributed by atoms with E-state index in [9.17, 15) is 22.8 Å². The molecular formula is C25H22F3NO3. The SMILES string of the molecule is COC(=O)[C@H](Cc1ccc(-c2ccccc2)cc1)NC(=O)Cc1ccc(C(F)(F)F)cc1. The van der Waals surface area contributed by atoms with E-state index in [1.165, 1.54) is 19.2 Å². The third kappa shape index (κ3) is 6.20. The van der Waals surface area contributed by atoms with Crippen LogP contribution in [-0.4, -0.2) is 25.0 Å². The molecule has 3 aromatic rings. The Morgan fingerprint density at radius 1 is 0.844 bits per heavy atom. The third-order valence-electron chi connectivity index (χ3n) is 4.97. The fourth-order valence-electron chi connectivity index (χ4n) is 3.28. The van der Waals surface area contributed by atoms with E-state index in [1.54, 1.807) is 0 Å². The predicted molar refractivity (Wildman–Crippen MR) is 115 cm³/mol. The summed E-state index contributed by atoms with van der Waals surface area (Å²) in [6.07, 6.45) is -4.37. The van der Waals surface area contributed by atoms with E-state index in [4.69, 9.17) is 4.74 Å². The lowest BCUT2D eigenvalue weighted by molar-refractivity contribution is -0.145. The van der Waals surface area contributed by atoms with Gasteiger partial charge in [0, 0.05) is 6.42 Å². The van der Waals surface area contributed by atoms with E-state index in [0.29, 0.717) is 5.56 Å². The van der Waals surface area contributed by atoms with Crippen LogP contribution in [0.4, 0.5) is 13.2 Å². The molecule has 1 atom stereocenters. The number of rotatable bonds is 7. The summed E-state index contributed by atoms with van der Waals surface area (Å²) in [5, 5.41) is 2.62. The first kappa shape index (κ1) is 23.1. The number of carbonyl (C=O) groups is 2. The molecule has 1 N–H and O–H groups in total. The molecule has 0 aromatic heterocycles. The van der Waals surface area contributed by atoms with Crippen LogP contribution in [0.5, 0.6) is 0 Å². The lowest BCUT2D eigenvalue weighted by Crippen LogP contribution is -2.43. The Morgan fingerprint density at radius 2 is 1.41 bits per heavy atom. The number of alkyl halides is 3. The van der Waals surface area contributed by atoms with Crippen LogP contribution >= 0.6 is 0 Å². The molecule has 3 rings (SSSR count). The van der Waals surface area contributed by atoms with Gasteiger partial charge in [-0.15, -0.1) is 0 Å². The van der Waals surface area contributed by atoms with E-state index in [-0.39, 0.29) is 12.8 Å². The molecule has 0 aliphatic rings. The Hall–Kier alpha value is -3.61. The summed E-state index contributed by atoms with van der Waals surface area (Å²) in [5.74, 6) is -1.08. The molecule has 32 heavy (non-hydrogen) atoms. The zero-order chi connectivity index (χ0) is 23.1. The highest BCUT2D eigenvalue weighted by Gasteiger charge is 2.30. The topological polar surface area (TPSA) is 55.4 Å². The Kier molecular flexibility index (Phi) is 7.30. The maximum atomic E-state index is 12.7. The molecule has 0 unspecified atom stereocenters. The zero-order valence-electron chi connectivity index (χ0n) is 17.4. The minimum Gasteiger partial charge on any atom is -0.467 e. The van der Waals surface area contributed by atoms with Crippen molar-refractivity contribution in [1.82, 2.24) is 5.32 Å². The molecule has 0 aliphatic carbocycles. The fraction of sp³-hybridized carbons (Fsp3) is 0.200. The molecule has 0 saturated carbocycles. The van der Waals surface area contributed by atoms with Crippen LogP contribution in [-0.2, 0) is 33.3 Å². The Morgan fingerprint density at radius 3 is 1.97 bits per heavy atom. The summed E-state index contributed by atoms with van der Waals surface area (Å²) in [6, 6.07) is 20.9. The van der Waals surface area contributed by atoms with Gasteiger partial charge in [-0.2, -0.15) is 13.2 Å². The second-order valence-electron chi connectivity index (χ2n) is 7.28. The summed E-state index contributed by atoms with van der Waals surface area (Å²) < 4.78 is 42.8. The van der Waals surface area contributed by atoms with Crippen molar-refractivity contribution in [2.45, 2.75) is 25.1 Å². The lowest BCUT2D eigenvalue weighted by Gasteiger charge is -2.17. The lowest BCUT2D eigenvalue weighted by atomic mass is 10.0. The second kappa shape index (κ2) is 10.1. The van der Waals surface area contributed by atoms with Crippen molar-refractivity contribution >= 4 is 11.9 Å². The minimum atomic E-state index is -4.44. The molecule has 3 aromatic carbocycles. The molecule has 0 saturated heterocycles. The predicted octanol–water partition coefficient (Wildman–Crippen LogP) is 4.82. The summed E-state index contributed by atoms with van der Waals surface area (Å²) in [7, 11) is 1.23. The van der Waals surface area contributed by atoms with E-state index in [0.717, 1.165) is 28.8 Å². The van der Waals surface area contributed by atoms with Gasteiger partial charge in [0.15, 0.2) is 0 Å². The molecule has 0 fully saturated rings. The molecule has 4 nitrogen and oxygen atoms in total. The van der Waals surface area contributed by atoms with Crippen molar-refractivity contribution in [2.24, 2.45) is 0 Å². The number of hydrogen-bond donors (Lipinski definition) is 1. The van der Waals surface area contributed by atoms with Gasteiger partial charge in [-0.1, -0.05) is 66.7 Å². The smallest absolute Gasteiger partial charge is 0.416 e. The van der Waals surface area contributed by atoms with Gasteiger partial charge in [-0.05, 0) is 34.4 Å². The van der Waals surface area contributed by atoms with E-state index >= 15 is 0 Å². The van der Waals surface area contributed by atoms with Crippen LogP contribution in [0.3, 0.4) is 0 Å². The summed E-state index contributed by atoms with van der Waals surface area (Å²) in [5.41, 5.74) is 2.54.